The Balaban J connectivity index is 1.48. The van der Waals surface area contributed by atoms with Crippen LogP contribution in [0.2, 0.25) is 5.02 Å². The predicted molar refractivity (Wildman–Crippen MR) is 132 cm³/mol. The summed E-state index contributed by atoms with van der Waals surface area (Å²) in [6.45, 7) is 4.07. The first-order valence-corrected chi connectivity index (χ1v) is 12.1. The fourth-order valence-corrected chi connectivity index (χ4v) is 5.08. The van der Waals surface area contributed by atoms with Crippen LogP contribution in [-0.4, -0.2) is 41.0 Å². The number of carbonyl (C=O) groups is 1. The van der Waals surface area contributed by atoms with Crippen LogP contribution in [0.5, 0.6) is 11.5 Å². The van der Waals surface area contributed by atoms with Crippen molar-refractivity contribution in [3.05, 3.63) is 63.5 Å². The van der Waals surface area contributed by atoms with Gasteiger partial charge in [0.05, 0.1) is 24.2 Å². The quantitative estimate of drug-likeness (QED) is 0.350. The van der Waals surface area contributed by atoms with E-state index in [9.17, 15) is 4.79 Å². The lowest BCUT2D eigenvalue weighted by atomic mass is 10.1. The average Bonchev–Trinajstić information content (AvgIpc) is 3.38. The molecule has 32 heavy (non-hydrogen) atoms. The molecule has 2 fully saturated rings. The highest BCUT2D eigenvalue weighted by atomic mass is 35.5. The minimum absolute atomic E-state index is 0.0670. The number of benzene rings is 2. The van der Waals surface area contributed by atoms with Crippen LogP contribution in [0.3, 0.4) is 0 Å². The number of rotatable bonds is 8. The zero-order chi connectivity index (χ0) is 22.5. The molecule has 8 heteroatoms. The van der Waals surface area contributed by atoms with Gasteiger partial charge in [0.25, 0.3) is 5.91 Å². The second kappa shape index (κ2) is 10.7. The fraction of sp³-hybridized carbons (Fsp3) is 0.333. The van der Waals surface area contributed by atoms with Crippen molar-refractivity contribution in [3.63, 3.8) is 0 Å². The van der Waals surface area contributed by atoms with Gasteiger partial charge in [-0.1, -0.05) is 53.8 Å². The Morgan fingerprint density at radius 3 is 2.88 bits per heavy atom. The number of nitrogens with zero attached hydrogens (tertiary/aromatic N) is 1. The molecule has 2 aromatic carbocycles. The molecule has 2 aliphatic rings. The number of carbonyl (C=O) groups excluding carboxylic acids is 1. The minimum Gasteiger partial charge on any atom is -0.490 e. The van der Waals surface area contributed by atoms with Crippen LogP contribution in [0.15, 0.2) is 47.4 Å². The van der Waals surface area contributed by atoms with E-state index in [0.717, 1.165) is 30.6 Å². The van der Waals surface area contributed by atoms with Gasteiger partial charge in [0.1, 0.15) is 10.9 Å². The first kappa shape index (κ1) is 23.1. The number of ether oxygens (including phenoxy) is 3. The molecule has 2 aliphatic heterocycles. The molecule has 4 rings (SSSR count). The van der Waals surface area contributed by atoms with E-state index in [-0.39, 0.29) is 12.0 Å². The summed E-state index contributed by atoms with van der Waals surface area (Å²) in [6.07, 6.45) is 3.90. The Morgan fingerprint density at radius 2 is 2.12 bits per heavy atom. The maximum absolute atomic E-state index is 12.9. The van der Waals surface area contributed by atoms with Crippen LogP contribution >= 0.6 is 35.6 Å². The summed E-state index contributed by atoms with van der Waals surface area (Å²) in [7, 11) is 0. The molecule has 0 spiro atoms. The third-order valence-corrected chi connectivity index (χ3v) is 6.75. The Bertz CT molecular complexity index is 1040. The Labute approximate surface area is 202 Å². The van der Waals surface area contributed by atoms with Gasteiger partial charge in [-0.25, -0.2) is 0 Å². The Kier molecular flexibility index (Phi) is 7.73. The van der Waals surface area contributed by atoms with Crippen molar-refractivity contribution in [1.29, 1.82) is 0 Å². The molecule has 0 bridgehead atoms. The maximum Gasteiger partial charge on any atom is 0.266 e. The zero-order valence-corrected chi connectivity index (χ0v) is 20.1. The van der Waals surface area contributed by atoms with E-state index < -0.39 is 0 Å². The number of thioether (sulfide) groups is 1. The number of hydrogen-bond donors (Lipinski definition) is 0. The van der Waals surface area contributed by atoms with Crippen LogP contribution in [0.4, 0.5) is 0 Å². The zero-order valence-electron chi connectivity index (χ0n) is 17.7. The van der Waals surface area contributed by atoms with Gasteiger partial charge < -0.3 is 14.2 Å². The second-order valence-corrected chi connectivity index (χ2v) is 9.60. The van der Waals surface area contributed by atoms with Gasteiger partial charge in [-0.05, 0) is 61.2 Å². The van der Waals surface area contributed by atoms with Crippen LogP contribution in [0, 0.1) is 0 Å². The first-order chi connectivity index (χ1) is 15.5. The second-order valence-electron chi connectivity index (χ2n) is 7.49. The highest BCUT2D eigenvalue weighted by molar-refractivity contribution is 8.26. The number of hydrogen-bond acceptors (Lipinski definition) is 6. The van der Waals surface area contributed by atoms with Crippen molar-refractivity contribution in [3.8, 4) is 11.5 Å². The SMILES string of the molecule is CCOc1cc(/C=C2\SC(=S)N(C[C@H]3CCCO3)C2=O)ccc1OCc1cccc(Cl)c1. The number of amides is 1. The number of thiocarbonyl (C=S) groups is 1. The van der Waals surface area contributed by atoms with Crippen molar-refractivity contribution in [1.82, 2.24) is 4.90 Å². The summed E-state index contributed by atoms with van der Waals surface area (Å²) < 4.78 is 18.0. The van der Waals surface area contributed by atoms with Gasteiger partial charge in [0.15, 0.2) is 11.5 Å². The summed E-state index contributed by atoms with van der Waals surface area (Å²) in [6, 6.07) is 13.2. The van der Waals surface area contributed by atoms with Crippen LogP contribution in [-0.2, 0) is 16.1 Å². The third kappa shape index (κ3) is 5.64. The van der Waals surface area contributed by atoms with E-state index in [0.29, 0.717) is 45.5 Å². The molecule has 2 heterocycles. The largest absolute Gasteiger partial charge is 0.490 e. The van der Waals surface area contributed by atoms with Crippen molar-refractivity contribution in [2.75, 3.05) is 19.8 Å². The van der Waals surface area contributed by atoms with Crippen LogP contribution < -0.4 is 9.47 Å². The lowest BCUT2D eigenvalue weighted by molar-refractivity contribution is -0.123. The molecule has 0 aromatic heterocycles. The first-order valence-electron chi connectivity index (χ1n) is 10.5. The summed E-state index contributed by atoms with van der Waals surface area (Å²) in [5.74, 6) is 1.18. The van der Waals surface area contributed by atoms with Gasteiger partial charge in [0.2, 0.25) is 0 Å². The van der Waals surface area contributed by atoms with E-state index in [1.165, 1.54) is 11.8 Å². The van der Waals surface area contributed by atoms with Crippen LogP contribution in [0.25, 0.3) is 6.08 Å². The van der Waals surface area contributed by atoms with Crippen molar-refractivity contribution < 1.29 is 19.0 Å². The van der Waals surface area contributed by atoms with E-state index >= 15 is 0 Å². The van der Waals surface area contributed by atoms with Crippen molar-refractivity contribution >= 4 is 51.9 Å². The summed E-state index contributed by atoms with van der Waals surface area (Å²) in [4.78, 5) is 15.1. The normalized spacial score (nSPS) is 19.8. The molecule has 0 unspecified atom stereocenters. The summed E-state index contributed by atoms with van der Waals surface area (Å²) >= 11 is 12.8. The molecule has 0 radical (unpaired) electrons. The van der Waals surface area contributed by atoms with Gasteiger partial charge in [0, 0.05) is 11.6 Å². The van der Waals surface area contributed by atoms with Gasteiger partial charge in [-0.15, -0.1) is 0 Å². The molecule has 5 nitrogen and oxygen atoms in total. The van der Waals surface area contributed by atoms with Crippen molar-refractivity contribution in [2.24, 2.45) is 0 Å². The fourth-order valence-electron chi connectivity index (χ4n) is 3.59. The molecule has 0 saturated carbocycles. The van der Waals surface area contributed by atoms with E-state index in [4.69, 9.17) is 38.0 Å². The van der Waals surface area contributed by atoms with E-state index in [1.807, 2.05) is 55.5 Å². The standard InChI is InChI=1S/C24H24ClNO4S2/c1-2-28-21-12-16(8-9-20(21)30-15-17-5-3-6-18(25)11-17)13-22-23(27)26(24(31)32-22)14-19-7-4-10-29-19/h3,5-6,8-9,11-13,19H,2,4,7,10,14-15H2,1H3/b22-13-/t19-/m1/s1. The van der Waals surface area contributed by atoms with Gasteiger partial charge in [-0.2, -0.15) is 0 Å². The van der Waals surface area contributed by atoms with Crippen molar-refractivity contribution in [2.45, 2.75) is 32.5 Å². The molecule has 0 aliphatic carbocycles. The topological polar surface area (TPSA) is 48.0 Å². The summed E-state index contributed by atoms with van der Waals surface area (Å²) in [5, 5.41) is 0.670. The van der Waals surface area contributed by atoms with E-state index in [2.05, 4.69) is 0 Å². The molecule has 2 aromatic rings. The molecule has 2 saturated heterocycles. The van der Waals surface area contributed by atoms with Crippen LogP contribution in [0.1, 0.15) is 30.9 Å². The molecule has 1 atom stereocenters. The molecule has 0 N–H and O–H groups in total. The average molecular weight is 490 g/mol. The lowest BCUT2D eigenvalue weighted by Crippen LogP contribution is -2.35. The predicted octanol–water partition coefficient (Wildman–Crippen LogP) is 5.70. The molecule has 1 amide bonds. The smallest absolute Gasteiger partial charge is 0.266 e. The minimum atomic E-state index is -0.0743. The highest BCUT2D eigenvalue weighted by Crippen LogP contribution is 2.35. The van der Waals surface area contributed by atoms with Gasteiger partial charge in [-0.3, -0.25) is 9.69 Å². The number of halogens is 1. The lowest BCUT2D eigenvalue weighted by Gasteiger charge is -2.18. The molecular weight excluding hydrogens is 466 g/mol. The molecular formula is C24H24ClNO4S2. The monoisotopic (exact) mass is 489 g/mol. The maximum atomic E-state index is 12.9. The molecule has 168 valence electrons. The van der Waals surface area contributed by atoms with Gasteiger partial charge >= 0.3 is 0 Å². The van der Waals surface area contributed by atoms with E-state index in [1.54, 1.807) is 4.90 Å². The summed E-state index contributed by atoms with van der Waals surface area (Å²) in [5.41, 5.74) is 1.82. The Morgan fingerprint density at radius 1 is 1.25 bits per heavy atom. The Hall–Kier alpha value is -2.06. The highest BCUT2D eigenvalue weighted by Gasteiger charge is 2.34. The third-order valence-electron chi connectivity index (χ3n) is 5.13.